The van der Waals surface area contributed by atoms with Crippen molar-refractivity contribution in [2.75, 3.05) is 6.61 Å². The Morgan fingerprint density at radius 1 is 1.30 bits per heavy atom. The molecule has 2 unspecified atom stereocenters. The number of phenolic OH excluding ortho intramolecular Hbond substituents is 1. The summed E-state index contributed by atoms with van der Waals surface area (Å²) in [7, 11) is 0. The smallest absolute Gasteiger partial charge is 0.149 e. The summed E-state index contributed by atoms with van der Waals surface area (Å²) in [6.07, 6.45) is 6.43. The van der Waals surface area contributed by atoms with Crippen molar-refractivity contribution in [3.05, 3.63) is 28.7 Å². The zero-order chi connectivity index (χ0) is 14.4. The molecule has 0 aliphatic heterocycles. The second-order valence-electron chi connectivity index (χ2n) is 5.91. The lowest BCUT2D eigenvalue weighted by atomic mass is 10.00. The number of aromatic hydroxyl groups is 1. The van der Waals surface area contributed by atoms with Gasteiger partial charge in [0.1, 0.15) is 11.4 Å². The molecule has 110 valence electrons. The third kappa shape index (κ3) is 4.30. The highest BCUT2D eigenvalue weighted by atomic mass is 16.5. The molecule has 4 nitrogen and oxygen atoms in total. The monoisotopic (exact) mass is 277 g/mol. The number of hydrogen-bond acceptors (Lipinski definition) is 4. The van der Waals surface area contributed by atoms with Crippen molar-refractivity contribution in [2.45, 2.75) is 45.6 Å². The normalized spacial score (nSPS) is 23.2. The average Bonchev–Trinajstić information content (AvgIpc) is 2.65. The Hall–Kier alpha value is -1.42. The molecule has 20 heavy (non-hydrogen) atoms. The van der Waals surface area contributed by atoms with Gasteiger partial charge in [-0.1, -0.05) is 32.3 Å². The summed E-state index contributed by atoms with van der Waals surface area (Å²) in [5.74, 6) is 1.42. The van der Waals surface area contributed by atoms with Crippen LogP contribution >= 0.6 is 0 Å². The number of phenols is 1. The number of benzene rings is 1. The fourth-order valence-electron chi connectivity index (χ4n) is 2.81. The summed E-state index contributed by atoms with van der Waals surface area (Å²) < 4.78 is 5.76. The maximum absolute atomic E-state index is 10.5. The van der Waals surface area contributed by atoms with E-state index in [9.17, 15) is 10.0 Å². The molecule has 0 saturated heterocycles. The second kappa shape index (κ2) is 7.39. The molecule has 0 spiro atoms. The summed E-state index contributed by atoms with van der Waals surface area (Å²) in [4.78, 5) is 10.5. The van der Waals surface area contributed by atoms with Crippen molar-refractivity contribution < 1.29 is 9.84 Å². The maximum Gasteiger partial charge on any atom is 0.149 e. The number of hydrogen-bond donors (Lipinski definition) is 1. The van der Waals surface area contributed by atoms with Gasteiger partial charge in [0.2, 0.25) is 0 Å². The second-order valence-corrected chi connectivity index (χ2v) is 5.91. The van der Waals surface area contributed by atoms with E-state index in [2.05, 4.69) is 12.1 Å². The average molecular weight is 277 g/mol. The van der Waals surface area contributed by atoms with E-state index in [0.29, 0.717) is 12.5 Å². The van der Waals surface area contributed by atoms with Gasteiger partial charge in [-0.3, -0.25) is 0 Å². The molecule has 2 atom stereocenters. The number of rotatable bonds is 5. The van der Waals surface area contributed by atoms with Gasteiger partial charge in [-0.25, -0.2) is 0 Å². The molecule has 0 aromatic heterocycles. The zero-order valence-corrected chi connectivity index (χ0v) is 12.0. The lowest BCUT2D eigenvalue weighted by Gasteiger charge is -2.14. The standard InChI is InChI=1S/C16H23NO3/c1-12-3-2-4-13(6-5-12)10-20-11-14-7-8-16(18)15(9-14)17-19/h7-9,12-13,18H,2-6,10-11H2,1H3. The number of nitroso groups, excluding NO2 is 1. The lowest BCUT2D eigenvalue weighted by Crippen LogP contribution is -2.09. The molecule has 0 bridgehead atoms. The molecule has 1 aliphatic carbocycles. The molecule has 1 fully saturated rings. The van der Waals surface area contributed by atoms with Crippen LogP contribution in [0.15, 0.2) is 23.4 Å². The molecule has 4 heteroatoms. The van der Waals surface area contributed by atoms with E-state index in [0.717, 1.165) is 18.1 Å². The van der Waals surface area contributed by atoms with E-state index >= 15 is 0 Å². The predicted octanol–water partition coefficient (Wildman–Crippen LogP) is 4.52. The van der Waals surface area contributed by atoms with Gasteiger partial charge in [-0.05, 0) is 47.6 Å². The molecule has 1 saturated carbocycles. The minimum atomic E-state index is -0.0819. The van der Waals surface area contributed by atoms with Crippen molar-refractivity contribution in [3.8, 4) is 5.75 Å². The Labute approximate surface area is 120 Å². The lowest BCUT2D eigenvalue weighted by molar-refractivity contribution is 0.0816. The summed E-state index contributed by atoms with van der Waals surface area (Å²) in [5.41, 5.74) is 0.953. The first-order chi connectivity index (χ1) is 9.69. The molecule has 1 aliphatic rings. The first-order valence-electron chi connectivity index (χ1n) is 7.42. The van der Waals surface area contributed by atoms with Gasteiger partial charge in [0.25, 0.3) is 0 Å². The highest BCUT2D eigenvalue weighted by Crippen LogP contribution is 2.29. The van der Waals surface area contributed by atoms with Gasteiger partial charge in [-0.15, -0.1) is 4.91 Å². The SMILES string of the molecule is CC1CCCC(COCc2ccc(O)c(N=O)c2)CC1. The first kappa shape index (κ1) is 15.0. The predicted molar refractivity (Wildman–Crippen MR) is 79.0 cm³/mol. The molecular weight excluding hydrogens is 254 g/mol. The third-order valence-electron chi connectivity index (χ3n) is 4.14. The molecular formula is C16H23NO3. The van der Waals surface area contributed by atoms with Crippen molar-refractivity contribution in [1.29, 1.82) is 0 Å². The van der Waals surface area contributed by atoms with E-state index in [1.165, 1.54) is 38.2 Å². The molecule has 1 N–H and O–H groups in total. The molecule has 2 rings (SSSR count). The van der Waals surface area contributed by atoms with Crippen molar-refractivity contribution in [3.63, 3.8) is 0 Å². The molecule has 0 radical (unpaired) electrons. The minimum absolute atomic E-state index is 0.0781. The Morgan fingerprint density at radius 2 is 2.15 bits per heavy atom. The van der Waals surface area contributed by atoms with Crippen LogP contribution in [0.25, 0.3) is 0 Å². The van der Waals surface area contributed by atoms with Crippen LogP contribution in [0, 0.1) is 16.7 Å². The molecule has 0 heterocycles. The first-order valence-corrected chi connectivity index (χ1v) is 7.42. The summed E-state index contributed by atoms with van der Waals surface area (Å²) >= 11 is 0. The van der Waals surface area contributed by atoms with Gasteiger partial charge in [0, 0.05) is 6.61 Å². The summed E-state index contributed by atoms with van der Waals surface area (Å²) in [6, 6.07) is 4.83. The van der Waals surface area contributed by atoms with Crippen LogP contribution in [0.5, 0.6) is 5.75 Å². The van der Waals surface area contributed by atoms with Crippen LogP contribution in [0.3, 0.4) is 0 Å². The summed E-state index contributed by atoms with van der Waals surface area (Å²) in [5, 5.41) is 12.2. The van der Waals surface area contributed by atoms with Gasteiger partial charge >= 0.3 is 0 Å². The van der Waals surface area contributed by atoms with E-state index in [-0.39, 0.29) is 11.4 Å². The van der Waals surface area contributed by atoms with E-state index < -0.39 is 0 Å². The Kier molecular flexibility index (Phi) is 5.53. The highest BCUT2D eigenvalue weighted by molar-refractivity contribution is 5.52. The van der Waals surface area contributed by atoms with Gasteiger partial charge in [0.15, 0.2) is 0 Å². The van der Waals surface area contributed by atoms with Crippen LogP contribution in [-0.4, -0.2) is 11.7 Å². The van der Waals surface area contributed by atoms with E-state index in [4.69, 9.17) is 4.74 Å². The van der Waals surface area contributed by atoms with Crippen molar-refractivity contribution in [2.24, 2.45) is 17.0 Å². The largest absolute Gasteiger partial charge is 0.506 e. The highest BCUT2D eigenvalue weighted by Gasteiger charge is 2.16. The number of ether oxygens (including phenoxy) is 1. The Morgan fingerprint density at radius 3 is 2.95 bits per heavy atom. The van der Waals surface area contributed by atoms with Crippen molar-refractivity contribution in [1.82, 2.24) is 0 Å². The van der Waals surface area contributed by atoms with Crippen LogP contribution < -0.4 is 0 Å². The Bertz CT molecular complexity index is 447. The molecule has 1 aromatic carbocycles. The van der Waals surface area contributed by atoms with Crippen molar-refractivity contribution >= 4 is 5.69 Å². The van der Waals surface area contributed by atoms with Gasteiger partial charge in [0.05, 0.1) is 6.61 Å². The minimum Gasteiger partial charge on any atom is -0.506 e. The van der Waals surface area contributed by atoms with E-state index in [1.54, 1.807) is 12.1 Å². The molecule has 0 amide bonds. The topological polar surface area (TPSA) is 58.9 Å². The number of nitrogens with zero attached hydrogens (tertiary/aromatic N) is 1. The fourth-order valence-corrected chi connectivity index (χ4v) is 2.81. The Balaban J connectivity index is 1.79. The van der Waals surface area contributed by atoms with Crippen LogP contribution in [0.4, 0.5) is 5.69 Å². The van der Waals surface area contributed by atoms with Gasteiger partial charge in [-0.2, -0.15) is 0 Å². The summed E-state index contributed by atoms with van der Waals surface area (Å²) in [6.45, 7) is 3.57. The quantitative estimate of drug-likeness (QED) is 0.635. The van der Waals surface area contributed by atoms with Crippen LogP contribution in [0.2, 0.25) is 0 Å². The van der Waals surface area contributed by atoms with Crippen LogP contribution in [0.1, 0.15) is 44.6 Å². The fraction of sp³-hybridized carbons (Fsp3) is 0.625. The van der Waals surface area contributed by atoms with Gasteiger partial charge < -0.3 is 9.84 Å². The zero-order valence-electron chi connectivity index (χ0n) is 12.0. The third-order valence-corrected chi connectivity index (χ3v) is 4.14. The maximum atomic E-state index is 10.5. The van der Waals surface area contributed by atoms with E-state index in [1.807, 2.05) is 0 Å². The molecule has 1 aromatic rings. The van der Waals surface area contributed by atoms with Crippen LogP contribution in [-0.2, 0) is 11.3 Å².